The van der Waals surface area contributed by atoms with Crippen LogP contribution >= 0.6 is 11.3 Å². The molecule has 0 aliphatic rings. The molecular weight excluding hydrogens is 268 g/mol. The highest BCUT2D eigenvalue weighted by molar-refractivity contribution is 7.13. The fraction of sp³-hybridized carbons (Fsp3) is 0.0625. The fourth-order valence-corrected chi connectivity index (χ4v) is 2.85. The van der Waals surface area contributed by atoms with Crippen LogP contribution < -0.4 is 10.5 Å². The lowest BCUT2D eigenvalue weighted by Crippen LogP contribution is -1.92. The molecule has 0 spiro atoms. The summed E-state index contributed by atoms with van der Waals surface area (Å²) in [6.07, 6.45) is 0. The lowest BCUT2D eigenvalue weighted by molar-refractivity contribution is 0.417. The van der Waals surface area contributed by atoms with Gasteiger partial charge in [0.25, 0.3) is 0 Å². The first-order valence-electron chi connectivity index (χ1n) is 6.23. The first-order valence-corrected chi connectivity index (χ1v) is 7.11. The summed E-state index contributed by atoms with van der Waals surface area (Å²) in [5, 5.41) is 3.05. The molecule has 4 heteroatoms. The van der Waals surface area contributed by atoms with Gasteiger partial charge in [-0.15, -0.1) is 11.3 Å². The van der Waals surface area contributed by atoms with Crippen molar-refractivity contribution in [3.63, 3.8) is 0 Å². The Balaban J connectivity index is 1.96. The molecule has 20 heavy (non-hydrogen) atoms. The van der Waals surface area contributed by atoms with Gasteiger partial charge in [-0.1, -0.05) is 30.3 Å². The number of nitrogens with zero attached hydrogens (tertiary/aromatic N) is 1. The Labute approximate surface area is 121 Å². The van der Waals surface area contributed by atoms with Crippen LogP contribution in [0.3, 0.4) is 0 Å². The number of hydrogen-bond acceptors (Lipinski definition) is 4. The van der Waals surface area contributed by atoms with E-state index in [1.165, 1.54) is 0 Å². The molecule has 0 amide bonds. The van der Waals surface area contributed by atoms with E-state index in [0.717, 1.165) is 21.8 Å². The van der Waals surface area contributed by atoms with E-state index in [1.807, 2.05) is 41.8 Å². The maximum absolute atomic E-state index is 5.94. The molecule has 2 N–H and O–H groups in total. The van der Waals surface area contributed by atoms with Crippen LogP contribution in [0.2, 0.25) is 0 Å². The van der Waals surface area contributed by atoms with Gasteiger partial charge in [-0.3, -0.25) is 0 Å². The van der Waals surface area contributed by atoms with Gasteiger partial charge in [0.05, 0.1) is 18.5 Å². The Hall–Kier alpha value is -2.33. The topological polar surface area (TPSA) is 48.1 Å². The summed E-state index contributed by atoms with van der Waals surface area (Å²) < 4.78 is 5.17. The molecule has 1 aromatic heterocycles. The monoisotopic (exact) mass is 282 g/mol. The second kappa shape index (κ2) is 5.35. The van der Waals surface area contributed by atoms with Crippen LogP contribution in [0, 0.1) is 0 Å². The molecule has 1 heterocycles. The third-order valence-electron chi connectivity index (χ3n) is 3.05. The fourth-order valence-electron chi connectivity index (χ4n) is 2.01. The lowest BCUT2D eigenvalue weighted by Gasteiger charge is -2.05. The van der Waals surface area contributed by atoms with Gasteiger partial charge in [0.15, 0.2) is 0 Å². The minimum atomic E-state index is 0.624. The van der Waals surface area contributed by atoms with Gasteiger partial charge in [0.2, 0.25) is 0 Å². The van der Waals surface area contributed by atoms with Crippen LogP contribution in [0.5, 0.6) is 5.75 Å². The van der Waals surface area contributed by atoms with Crippen molar-refractivity contribution >= 4 is 17.0 Å². The van der Waals surface area contributed by atoms with E-state index >= 15 is 0 Å². The summed E-state index contributed by atoms with van der Waals surface area (Å²) in [5.74, 6) is 0.687. The Morgan fingerprint density at radius 1 is 1.05 bits per heavy atom. The predicted octanol–water partition coefficient (Wildman–Crippen LogP) is 4.07. The summed E-state index contributed by atoms with van der Waals surface area (Å²) in [5.41, 5.74) is 9.63. The molecule has 0 saturated carbocycles. The van der Waals surface area contributed by atoms with E-state index in [2.05, 4.69) is 17.1 Å². The van der Waals surface area contributed by atoms with Crippen molar-refractivity contribution < 1.29 is 4.74 Å². The molecular formula is C16H14N2OS. The number of thiazole rings is 1. The Morgan fingerprint density at radius 3 is 2.55 bits per heavy atom. The summed E-state index contributed by atoms with van der Waals surface area (Å²) in [6, 6.07) is 15.9. The summed E-state index contributed by atoms with van der Waals surface area (Å²) >= 11 is 1.63. The summed E-state index contributed by atoms with van der Waals surface area (Å²) in [7, 11) is 1.61. The number of benzene rings is 2. The molecule has 3 rings (SSSR count). The molecule has 3 nitrogen and oxygen atoms in total. The minimum absolute atomic E-state index is 0.624. The maximum atomic E-state index is 5.94. The van der Waals surface area contributed by atoms with E-state index in [0.29, 0.717) is 11.4 Å². The molecule has 100 valence electrons. The molecule has 2 aromatic carbocycles. The van der Waals surface area contributed by atoms with Gasteiger partial charge >= 0.3 is 0 Å². The molecule has 0 aliphatic heterocycles. The number of rotatable bonds is 3. The second-order valence-electron chi connectivity index (χ2n) is 4.36. The molecule has 0 atom stereocenters. The van der Waals surface area contributed by atoms with Gasteiger partial charge in [-0.25, -0.2) is 4.98 Å². The average molecular weight is 282 g/mol. The molecule has 0 aliphatic carbocycles. The maximum Gasteiger partial charge on any atom is 0.141 e. The summed E-state index contributed by atoms with van der Waals surface area (Å²) in [4.78, 5) is 4.67. The van der Waals surface area contributed by atoms with Gasteiger partial charge in [-0.05, 0) is 18.2 Å². The SMILES string of the molecule is COc1ccc(-c2csc(-c3ccccc3)n2)cc1N. The van der Waals surface area contributed by atoms with Gasteiger partial charge in [0, 0.05) is 16.5 Å². The molecule has 0 unspecified atom stereocenters. The van der Waals surface area contributed by atoms with E-state index in [-0.39, 0.29) is 0 Å². The van der Waals surface area contributed by atoms with Gasteiger partial charge < -0.3 is 10.5 Å². The zero-order chi connectivity index (χ0) is 13.9. The Bertz CT molecular complexity index is 722. The van der Waals surface area contributed by atoms with Crippen molar-refractivity contribution in [2.24, 2.45) is 0 Å². The molecule has 0 radical (unpaired) electrons. The quantitative estimate of drug-likeness (QED) is 0.737. The van der Waals surface area contributed by atoms with Crippen molar-refractivity contribution in [2.75, 3.05) is 12.8 Å². The molecule has 0 saturated heterocycles. The third-order valence-corrected chi connectivity index (χ3v) is 3.94. The first-order chi connectivity index (χ1) is 9.78. The highest BCUT2D eigenvalue weighted by atomic mass is 32.1. The predicted molar refractivity (Wildman–Crippen MR) is 84.0 cm³/mol. The number of nitrogen functional groups attached to an aromatic ring is 1. The van der Waals surface area contributed by atoms with Crippen molar-refractivity contribution in [1.82, 2.24) is 4.98 Å². The van der Waals surface area contributed by atoms with Crippen molar-refractivity contribution in [2.45, 2.75) is 0 Å². The lowest BCUT2D eigenvalue weighted by atomic mass is 10.1. The van der Waals surface area contributed by atoms with E-state index < -0.39 is 0 Å². The smallest absolute Gasteiger partial charge is 0.141 e. The number of aromatic nitrogens is 1. The number of hydrogen-bond donors (Lipinski definition) is 1. The Kier molecular flexibility index (Phi) is 3.39. The van der Waals surface area contributed by atoms with E-state index in [1.54, 1.807) is 18.4 Å². The number of ether oxygens (including phenoxy) is 1. The first kappa shape index (κ1) is 12.7. The molecule has 3 aromatic rings. The zero-order valence-electron chi connectivity index (χ0n) is 11.0. The number of anilines is 1. The largest absolute Gasteiger partial charge is 0.495 e. The van der Waals surface area contributed by atoms with Crippen molar-refractivity contribution in [3.8, 4) is 27.6 Å². The van der Waals surface area contributed by atoms with Crippen LogP contribution in [0.4, 0.5) is 5.69 Å². The highest BCUT2D eigenvalue weighted by Gasteiger charge is 2.08. The zero-order valence-corrected chi connectivity index (χ0v) is 11.9. The van der Waals surface area contributed by atoms with Gasteiger partial charge in [-0.2, -0.15) is 0 Å². The van der Waals surface area contributed by atoms with Crippen LogP contribution in [0.1, 0.15) is 0 Å². The third kappa shape index (κ3) is 2.38. The van der Waals surface area contributed by atoms with Crippen LogP contribution in [-0.2, 0) is 0 Å². The number of methoxy groups -OCH3 is 1. The van der Waals surface area contributed by atoms with Crippen LogP contribution in [0.25, 0.3) is 21.8 Å². The normalized spacial score (nSPS) is 10.4. The second-order valence-corrected chi connectivity index (χ2v) is 5.22. The van der Waals surface area contributed by atoms with E-state index in [9.17, 15) is 0 Å². The van der Waals surface area contributed by atoms with Crippen LogP contribution in [-0.4, -0.2) is 12.1 Å². The van der Waals surface area contributed by atoms with Crippen molar-refractivity contribution in [1.29, 1.82) is 0 Å². The molecule has 0 bridgehead atoms. The van der Waals surface area contributed by atoms with Gasteiger partial charge in [0.1, 0.15) is 10.8 Å². The van der Waals surface area contributed by atoms with E-state index in [4.69, 9.17) is 10.5 Å². The average Bonchev–Trinajstić information content (AvgIpc) is 2.98. The highest BCUT2D eigenvalue weighted by Crippen LogP contribution is 2.32. The summed E-state index contributed by atoms with van der Waals surface area (Å²) in [6.45, 7) is 0. The standard InChI is InChI=1S/C16H14N2OS/c1-19-15-8-7-12(9-13(15)17)14-10-20-16(18-14)11-5-3-2-4-6-11/h2-10H,17H2,1H3. The Morgan fingerprint density at radius 2 is 1.85 bits per heavy atom. The number of nitrogens with two attached hydrogens (primary N) is 1. The molecule has 0 fully saturated rings. The van der Waals surface area contributed by atoms with Crippen LogP contribution in [0.15, 0.2) is 53.9 Å². The van der Waals surface area contributed by atoms with Crippen molar-refractivity contribution in [3.05, 3.63) is 53.9 Å². The minimum Gasteiger partial charge on any atom is -0.495 e.